The Morgan fingerprint density at radius 1 is 1.12 bits per heavy atom. The van der Waals surface area contributed by atoms with E-state index in [1.54, 1.807) is 23.4 Å². The van der Waals surface area contributed by atoms with Gasteiger partial charge in [-0.15, -0.1) is 11.3 Å². The van der Waals surface area contributed by atoms with Crippen LogP contribution in [-0.2, 0) is 15.9 Å². The van der Waals surface area contributed by atoms with E-state index in [2.05, 4.69) is 9.97 Å². The van der Waals surface area contributed by atoms with Gasteiger partial charge in [-0.3, -0.25) is 4.79 Å². The van der Waals surface area contributed by atoms with Gasteiger partial charge in [0.2, 0.25) is 0 Å². The molecule has 3 heterocycles. The molecule has 0 aliphatic carbocycles. The van der Waals surface area contributed by atoms with Crippen LogP contribution >= 0.6 is 11.3 Å². The Bertz CT molecular complexity index is 1360. The van der Waals surface area contributed by atoms with Crippen molar-refractivity contribution in [3.63, 3.8) is 0 Å². The summed E-state index contributed by atoms with van der Waals surface area (Å²) in [5, 5.41) is 3.56. The monoisotopic (exact) mass is 459 g/mol. The number of nitrogens with one attached hydrogen (secondary N) is 1. The van der Waals surface area contributed by atoms with Crippen LogP contribution in [0.2, 0.25) is 0 Å². The molecular formula is C25H21N3O4S. The average Bonchev–Trinajstić information content (AvgIpc) is 3.43. The maximum absolute atomic E-state index is 13.3. The summed E-state index contributed by atoms with van der Waals surface area (Å²) < 4.78 is 10.5. The van der Waals surface area contributed by atoms with Gasteiger partial charge in [-0.1, -0.05) is 48.5 Å². The van der Waals surface area contributed by atoms with Gasteiger partial charge in [0.1, 0.15) is 10.7 Å². The van der Waals surface area contributed by atoms with Gasteiger partial charge in [0.25, 0.3) is 5.91 Å². The molecule has 1 amide bonds. The number of fused-ring (bicyclic) bond motifs is 3. The lowest BCUT2D eigenvalue weighted by atomic mass is 10.1. The molecule has 0 radical (unpaired) electrons. The van der Waals surface area contributed by atoms with E-state index >= 15 is 0 Å². The molecule has 0 unspecified atom stereocenters. The van der Waals surface area contributed by atoms with Crippen LogP contribution < -0.4 is 0 Å². The molecule has 8 heteroatoms. The van der Waals surface area contributed by atoms with E-state index in [1.807, 2.05) is 54.6 Å². The third-order valence-electron chi connectivity index (χ3n) is 5.40. The minimum absolute atomic E-state index is 0.190. The molecule has 7 nitrogen and oxygen atoms in total. The number of amides is 1. The standard InChI is InChI=1S/C25H21N3O4S/c1-2-31-25(30)32-21-14-28(13-12-18-17-10-6-7-11-19(17)26-22(18)21)24(29)20-15-33-23(27-20)16-8-4-3-5-9-16/h3-11,14-15,26H,2,12-13H2,1H3. The van der Waals surface area contributed by atoms with Crippen LogP contribution in [0.5, 0.6) is 0 Å². The van der Waals surface area contributed by atoms with Gasteiger partial charge < -0.3 is 19.4 Å². The second-order valence-electron chi connectivity index (χ2n) is 7.46. The highest BCUT2D eigenvalue weighted by molar-refractivity contribution is 7.13. The zero-order chi connectivity index (χ0) is 22.8. The average molecular weight is 460 g/mol. The van der Waals surface area contributed by atoms with Crippen molar-refractivity contribution >= 4 is 40.1 Å². The number of carbonyl (C=O) groups excluding carboxylic acids is 2. The number of benzene rings is 2. The van der Waals surface area contributed by atoms with Crippen molar-refractivity contribution in [3.05, 3.63) is 83.1 Å². The highest BCUT2D eigenvalue weighted by Crippen LogP contribution is 2.32. The molecule has 33 heavy (non-hydrogen) atoms. The number of thiazole rings is 1. The number of carbonyl (C=O) groups is 2. The van der Waals surface area contributed by atoms with E-state index in [9.17, 15) is 9.59 Å². The van der Waals surface area contributed by atoms with Crippen molar-refractivity contribution in [2.75, 3.05) is 13.2 Å². The predicted molar refractivity (Wildman–Crippen MR) is 127 cm³/mol. The smallest absolute Gasteiger partial charge is 0.434 e. The lowest BCUT2D eigenvalue weighted by Gasteiger charge is -2.16. The van der Waals surface area contributed by atoms with Gasteiger partial charge in [-0.2, -0.15) is 0 Å². The fourth-order valence-corrected chi connectivity index (χ4v) is 4.68. The van der Waals surface area contributed by atoms with Crippen LogP contribution in [0, 0.1) is 0 Å². The third kappa shape index (κ3) is 4.12. The normalized spacial score (nSPS) is 13.2. The quantitative estimate of drug-likeness (QED) is 0.410. The van der Waals surface area contributed by atoms with E-state index in [0.717, 1.165) is 27.0 Å². The first-order valence-electron chi connectivity index (χ1n) is 10.6. The van der Waals surface area contributed by atoms with Crippen molar-refractivity contribution in [3.8, 4) is 10.6 Å². The number of nitrogens with zero attached hydrogens (tertiary/aromatic N) is 2. The van der Waals surface area contributed by atoms with E-state index in [-0.39, 0.29) is 18.3 Å². The maximum Gasteiger partial charge on any atom is 0.513 e. The maximum atomic E-state index is 13.3. The van der Waals surface area contributed by atoms with Crippen LogP contribution in [0.3, 0.4) is 0 Å². The Morgan fingerprint density at radius 2 is 1.91 bits per heavy atom. The minimum atomic E-state index is -0.817. The molecular weight excluding hydrogens is 438 g/mol. The number of hydrogen-bond acceptors (Lipinski definition) is 6. The molecule has 5 rings (SSSR count). The van der Waals surface area contributed by atoms with Crippen LogP contribution in [-0.4, -0.2) is 40.1 Å². The topological polar surface area (TPSA) is 84.5 Å². The lowest BCUT2D eigenvalue weighted by Crippen LogP contribution is -2.28. The molecule has 0 atom stereocenters. The van der Waals surface area contributed by atoms with Gasteiger partial charge >= 0.3 is 6.16 Å². The summed E-state index contributed by atoms with van der Waals surface area (Å²) >= 11 is 1.42. The van der Waals surface area contributed by atoms with Gasteiger partial charge in [0.15, 0.2) is 5.76 Å². The summed E-state index contributed by atoms with van der Waals surface area (Å²) in [6, 6.07) is 17.6. The number of aromatic amines is 1. The number of H-pyrrole nitrogens is 1. The first kappa shape index (κ1) is 21.0. The lowest BCUT2D eigenvalue weighted by molar-refractivity contribution is 0.0805. The Morgan fingerprint density at radius 3 is 2.73 bits per heavy atom. The van der Waals surface area contributed by atoms with E-state index in [1.165, 1.54) is 11.3 Å². The molecule has 166 valence electrons. The molecule has 1 aliphatic heterocycles. The van der Waals surface area contributed by atoms with Crippen molar-refractivity contribution in [2.45, 2.75) is 13.3 Å². The summed E-state index contributed by atoms with van der Waals surface area (Å²) in [5.41, 5.74) is 3.90. The molecule has 2 aromatic carbocycles. The molecule has 1 N–H and O–H groups in total. The van der Waals surface area contributed by atoms with Crippen molar-refractivity contribution in [1.82, 2.24) is 14.9 Å². The van der Waals surface area contributed by atoms with Crippen LogP contribution in [0.15, 0.2) is 66.2 Å². The number of rotatable bonds is 4. The van der Waals surface area contributed by atoms with Gasteiger partial charge in [-0.05, 0) is 25.0 Å². The Hall–Kier alpha value is -3.91. The summed E-state index contributed by atoms with van der Waals surface area (Å²) in [6.45, 7) is 2.32. The molecule has 4 aromatic rings. The largest absolute Gasteiger partial charge is 0.513 e. The first-order chi connectivity index (χ1) is 16.1. The third-order valence-corrected chi connectivity index (χ3v) is 6.29. The highest BCUT2D eigenvalue weighted by Gasteiger charge is 2.27. The zero-order valence-corrected chi connectivity index (χ0v) is 18.7. The SMILES string of the molecule is CCOC(=O)OC1=CN(C(=O)c2csc(-c3ccccc3)n2)CCc2c1[nH]c1ccccc21. The minimum Gasteiger partial charge on any atom is -0.434 e. The number of hydrogen-bond donors (Lipinski definition) is 1. The Balaban J connectivity index is 1.49. The summed E-state index contributed by atoms with van der Waals surface area (Å²) in [5.74, 6) is -0.0168. The van der Waals surface area contributed by atoms with Gasteiger partial charge in [-0.25, -0.2) is 9.78 Å². The number of ether oxygens (including phenoxy) is 2. The summed E-state index contributed by atoms with van der Waals surface area (Å²) in [6.07, 6.45) is 1.33. The second kappa shape index (κ2) is 8.91. The fraction of sp³-hybridized carbons (Fsp3) is 0.160. The van der Waals surface area contributed by atoms with Crippen molar-refractivity contribution in [2.24, 2.45) is 0 Å². The van der Waals surface area contributed by atoms with Crippen molar-refractivity contribution < 1.29 is 19.1 Å². The zero-order valence-electron chi connectivity index (χ0n) is 17.9. The van der Waals surface area contributed by atoms with E-state index < -0.39 is 6.16 Å². The Labute approximate surface area is 194 Å². The fourth-order valence-electron chi connectivity index (χ4n) is 3.88. The molecule has 1 aliphatic rings. The van der Waals surface area contributed by atoms with E-state index in [4.69, 9.17) is 9.47 Å². The molecule has 2 aromatic heterocycles. The molecule has 0 spiro atoms. The Kier molecular flexibility index (Phi) is 5.66. The van der Waals surface area contributed by atoms with Crippen molar-refractivity contribution in [1.29, 1.82) is 0 Å². The van der Waals surface area contributed by atoms with Gasteiger partial charge in [0.05, 0.1) is 18.5 Å². The number of para-hydroxylation sites is 1. The van der Waals surface area contributed by atoms with Gasteiger partial charge in [0, 0.05) is 28.4 Å². The van der Waals surface area contributed by atoms with Crippen LogP contribution in [0.1, 0.15) is 28.7 Å². The number of aromatic nitrogens is 2. The summed E-state index contributed by atoms with van der Waals surface area (Å²) in [4.78, 5) is 34.9. The van der Waals surface area contributed by atoms with Crippen LogP contribution in [0.25, 0.3) is 27.2 Å². The van der Waals surface area contributed by atoms with Crippen LogP contribution in [0.4, 0.5) is 4.79 Å². The highest BCUT2D eigenvalue weighted by atomic mass is 32.1. The molecule has 0 bridgehead atoms. The predicted octanol–water partition coefficient (Wildman–Crippen LogP) is 5.46. The summed E-state index contributed by atoms with van der Waals surface area (Å²) in [7, 11) is 0. The second-order valence-corrected chi connectivity index (χ2v) is 8.31. The van der Waals surface area contributed by atoms with E-state index in [0.29, 0.717) is 24.4 Å². The first-order valence-corrected chi connectivity index (χ1v) is 11.5. The molecule has 0 saturated heterocycles. The molecule has 0 fully saturated rings. The molecule has 0 saturated carbocycles.